The van der Waals surface area contributed by atoms with Gasteiger partial charge < -0.3 is 19.6 Å². The highest BCUT2D eigenvalue weighted by atomic mass is 16.5. The first kappa shape index (κ1) is 34.6. The van der Waals surface area contributed by atoms with Crippen LogP contribution < -0.4 is 4.74 Å². The van der Waals surface area contributed by atoms with Crippen LogP contribution in [-0.4, -0.2) is 65.8 Å². The summed E-state index contributed by atoms with van der Waals surface area (Å²) >= 11 is 0. The highest BCUT2D eigenvalue weighted by molar-refractivity contribution is 6.06. The molecule has 5 aliphatic carbocycles. The number of fused-ring (bicyclic) bond motifs is 7. The monoisotopic (exact) mass is 678 g/mol. The maximum absolute atomic E-state index is 14.5. The Balaban J connectivity index is 1.08. The molecule has 6 aliphatic rings. The molecule has 1 aromatic rings. The molecule has 0 unspecified atom stereocenters. The minimum Gasteiger partial charge on any atom is -0.504 e. The molecule has 1 heterocycles. The second-order valence-corrected chi connectivity index (χ2v) is 17.3. The Bertz CT molecular complexity index is 1790. The van der Waals surface area contributed by atoms with Gasteiger partial charge in [-0.25, -0.2) is 0 Å². The van der Waals surface area contributed by atoms with Crippen molar-refractivity contribution in [1.82, 2.24) is 9.80 Å². The SMILES string of the molecule is COc1ccc(/C=C/C(=O)N2CCN(C(=O)[C@]3(C)CC[C@]4(C)CC[C@]5(C)C6=CC=C7C(=CC(=O)C(O)=C7C)[C@]6(C)CC[C@@]5(C)[C@@H]4C3)CC2)cc1. The summed E-state index contributed by atoms with van der Waals surface area (Å²) in [6.45, 7) is 16.0. The van der Waals surface area contributed by atoms with Gasteiger partial charge in [-0.1, -0.05) is 64.5 Å². The van der Waals surface area contributed by atoms with E-state index in [-0.39, 0.29) is 45.0 Å². The summed E-state index contributed by atoms with van der Waals surface area (Å²) in [4.78, 5) is 44.3. The molecule has 4 fully saturated rings. The molecule has 6 atom stereocenters. The number of carbonyl (C=O) groups is 3. The van der Waals surface area contributed by atoms with Gasteiger partial charge >= 0.3 is 0 Å². The van der Waals surface area contributed by atoms with E-state index in [1.165, 1.54) is 5.57 Å². The lowest BCUT2D eigenvalue weighted by Gasteiger charge is -2.70. The lowest BCUT2D eigenvalue weighted by Crippen LogP contribution is -2.63. The summed E-state index contributed by atoms with van der Waals surface area (Å²) in [6, 6.07) is 7.62. The number of rotatable bonds is 4. The minimum atomic E-state index is -0.446. The summed E-state index contributed by atoms with van der Waals surface area (Å²) in [5.41, 5.74) is 4.45. The Hall–Kier alpha value is -3.87. The number of piperazine rings is 1. The molecule has 266 valence electrons. The number of allylic oxidation sites excluding steroid dienone is 7. The van der Waals surface area contributed by atoms with E-state index >= 15 is 0 Å². The van der Waals surface area contributed by atoms with Crippen molar-refractivity contribution in [2.75, 3.05) is 33.3 Å². The van der Waals surface area contributed by atoms with Gasteiger partial charge in [0.15, 0.2) is 5.76 Å². The first-order valence-corrected chi connectivity index (χ1v) is 18.6. The molecule has 1 saturated heterocycles. The molecule has 0 spiro atoms. The van der Waals surface area contributed by atoms with Crippen molar-refractivity contribution in [1.29, 1.82) is 0 Å². The Kier molecular flexibility index (Phi) is 8.19. The normalized spacial score (nSPS) is 36.8. The molecule has 2 amide bonds. The Morgan fingerprint density at radius 3 is 2.22 bits per heavy atom. The Morgan fingerprint density at radius 2 is 1.54 bits per heavy atom. The number of hydrogen-bond acceptors (Lipinski definition) is 5. The number of benzene rings is 1. The van der Waals surface area contributed by atoms with E-state index in [1.54, 1.807) is 19.3 Å². The van der Waals surface area contributed by atoms with Crippen LogP contribution in [0.5, 0.6) is 5.75 Å². The van der Waals surface area contributed by atoms with Gasteiger partial charge in [0.1, 0.15) is 5.75 Å². The number of methoxy groups -OCH3 is 1. The van der Waals surface area contributed by atoms with E-state index in [9.17, 15) is 19.5 Å². The maximum atomic E-state index is 14.5. The fourth-order valence-corrected chi connectivity index (χ4v) is 11.2. The third kappa shape index (κ3) is 5.08. The molecule has 1 aliphatic heterocycles. The number of aliphatic hydroxyl groups excluding tert-OH is 1. The number of ether oxygens (including phenoxy) is 1. The van der Waals surface area contributed by atoms with Crippen LogP contribution in [0.1, 0.15) is 92.1 Å². The molecule has 3 saturated carbocycles. The quantitative estimate of drug-likeness (QED) is 0.326. The summed E-state index contributed by atoms with van der Waals surface area (Å²) in [6.07, 6.45) is 16.6. The highest BCUT2D eigenvalue weighted by Crippen LogP contribution is 2.75. The zero-order valence-electron chi connectivity index (χ0n) is 31.0. The molecular formula is C43H54N2O5. The number of amides is 2. The Labute approximate surface area is 297 Å². The second-order valence-electron chi connectivity index (χ2n) is 17.3. The van der Waals surface area contributed by atoms with Crippen LogP contribution in [-0.2, 0) is 14.4 Å². The fraction of sp³-hybridized carbons (Fsp3) is 0.558. The summed E-state index contributed by atoms with van der Waals surface area (Å²) in [7, 11) is 1.63. The van der Waals surface area contributed by atoms with Crippen molar-refractivity contribution in [3.05, 3.63) is 82.2 Å². The van der Waals surface area contributed by atoms with E-state index < -0.39 is 5.41 Å². The highest BCUT2D eigenvalue weighted by Gasteiger charge is 2.67. The Morgan fingerprint density at radius 1 is 0.880 bits per heavy atom. The predicted molar refractivity (Wildman–Crippen MR) is 196 cm³/mol. The van der Waals surface area contributed by atoms with Gasteiger partial charge in [0.05, 0.1) is 7.11 Å². The van der Waals surface area contributed by atoms with E-state index in [2.05, 4.69) is 46.8 Å². The molecular weight excluding hydrogens is 624 g/mol. The number of hydrogen-bond donors (Lipinski definition) is 1. The topological polar surface area (TPSA) is 87.2 Å². The molecule has 1 N–H and O–H groups in total. The molecule has 7 nitrogen and oxygen atoms in total. The molecule has 0 radical (unpaired) electrons. The van der Waals surface area contributed by atoms with Crippen LogP contribution in [0, 0.1) is 33.0 Å². The summed E-state index contributed by atoms with van der Waals surface area (Å²) in [5.74, 6) is 0.953. The lowest BCUT2D eigenvalue weighted by molar-refractivity contribution is -0.175. The largest absolute Gasteiger partial charge is 0.504 e. The van der Waals surface area contributed by atoms with Crippen LogP contribution in [0.3, 0.4) is 0 Å². The van der Waals surface area contributed by atoms with Crippen molar-refractivity contribution in [3.8, 4) is 5.75 Å². The third-order valence-corrected chi connectivity index (χ3v) is 14.8. The zero-order chi connectivity index (χ0) is 35.9. The third-order valence-electron chi connectivity index (χ3n) is 14.8. The zero-order valence-corrected chi connectivity index (χ0v) is 31.0. The van der Waals surface area contributed by atoms with Gasteiger partial charge in [-0.05, 0) is 115 Å². The molecule has 0 aromatic heterocycles. The van der Waals surface area contributed by atoms with Crippen molar-refractivity contribution in [2.24, 2.45) is 33.0 Å². The van der Waals surface area contributed by atoms with Crippen LogP contribution in [0.25, 0.3) is 6.08 Å². The fourth-order valence-electron chi connectivity index (χ4n) is 11.2. The maximum Gasteiger partial charge on any atom is 0.246 e. The van der Waals surface area contributed by atoms with Crippen LogP contribution in [0.15, 0.2) is 76.6 Å². The number of carbonyl (C=O) groups excluding carboxylic acids is 3. The molecule has 1 aromatic carbocycles. The van der Waals surface area contributed by atoms with E-state index in [0.717, 1.165) is 67.4 Å². The van der Waals surface area contributed by atoms with Crippen molar-refractivity contribution >= 4 is 23.7 Å². The van der Waals surface area contributed by atoms with Gasteiger partial charge in [0.2, 0.25) is 17.6 Å². The van der Waals surface area contributed by atoms with Gasteiger partial charge in [-0.3, -0.25) is 14.4 Å². The molecule has 0 bridgehead atoms. The molecule has 7 heteroatoms. The van der Waals surface area contributed by atoms with Crippen molar-refractivity contribution < 1.29 is 24.2 Å². The van der Waals surface area contributed by atoms with Gasteiger partial charge in [-0.15, -0.1) is 0 Å². The standard InChI is InChI=1S/C43H54N2O5/c1-28-31-13-14-34-41(4,32(31)26-33(46)37(28)48)19-21-43(6)35-27-40(3,17-16-39(35,2)18-20-42(34,43)5)38(49)45-24-22-44(23-25-45)36(47)15-10-29-8-11-30(50-7)12-9-29/h8-15,26,35,48H,16-25,27H2,1-7H3/b15-10+/t35-,39-,40-,41+,42-,43+/m1/s1. The average Bonchev–Trinajstić information content (AvgIpc) is 3.11. The average molecular weight is 679 g/mol. The number of ketones is 1. The predicted octanol–water partition coefficient (Wildman–Crippen LogP) is 8.01. The van der Waals surface area contributed by atoms with E-state index in [0.29, 0.717) is 37.7 Å². The van der Waals surface area contributed by atoms with Gasteiger partial charge in [0.25, 0.3) is 0 Å². The summed E-state index contributed by atoms with van der Waals surface area (Å²) in [5, 5.41) is 10.5. The molecule has 50 heavy (non-hydrogen) atoms. The number of aliphatic hydroxyl groups is 1. The number of nitrogens with zero attached hydrogens (tertiary/aromatic N) is 2. The van der Waals surface area contributed by atoms with Crippen LogP contribution in [0.4, 0.5) is 0 Å². The smallest absolute Gasteiger partial charge is 0.246 e. The van der Waals surface area contributed by atoms with E-state index in [1.807, 2.05) is 47.1 Å². The minimum absolute atomic E-state index is 0.00770. The van der Waals surface area contributed by atoms with E-state index in [4.69, 9.17) is 4.74 Å². The lowest BCUT2D eigenvalue weighted by atomic mass is 9.34. The first-order valence-electron chi connectivity index (χ1n) is 18.6. The molecule has 7 rings (SSSR count). The van der Waals surface area contributed by atoms with Crippen LogP contribution in [0.2, 0.25) is 0 Å². The van der Waals surface area contributed by atoms with Crippen molar-refractivity contribution in [2.45, 2.75) is 86.5 Å². The van der Waals surface area contributed by atoms with Crippen LogP contribution >= 0.6 is 0 Å². The first-order chi connectivity index (χ1) is 23.6. The second kappa shape index (κ2) is 11.8. The summed E-state index contributed by atoms with van der Waals surface area (Å²) < 4.78 is 5.23. The van der Waals surface area contributed by atoms with Gasteiger partial charge in [0, 0.05) is 48.7 Å². The van der Waals surface area contributed by atoms with Crippen molar-refractivity contribution in [3.63, 3.8) is 0 Å². The van der Waals surface area contributed by atoms with Gasteiger partial charge in [-0.2, -0.15) is 0 Å².